The molecule has 0 saturated carbocycles. The summed E-state index contributed by atoms with van der Waals surface area (Å²) in [6.45, 7) is 4.91. The monoisotopic (exact) mass is 412 g/mol. The summed E-state index contributed by atoms with van der Waals surface area (Å²) in [6, 6.07) is 0. The van der Waals surface area contributed by atoms with Crippen molar-refractivity contribution in [3.63, 3.8) is 0 Å². The Kier molecular flexibility index (Phi) is 9.58. The van der Waals surface area contributed by atoms with Crippen LogP contribution >= 0.6 is 0 Å². The highest BCUT2D eigenvalue weighted by Crippen LogP contribution is 2.30. The van der Waals surface area contributed by atoms with E-state index < -0.39 is 15.5 Å². The lowest BCUT2D eigenvalue weighted by atomic mass is 9.98. The maximum absolute atomic E-state index is 12.6. The van der Waals surface area contributed by atoms with Crippen molar-refractivity contribution in [2.24, 2.45) is 10.9 Å². The van der Waals surface area contributed by atoms with Gasteiger partial charge in [0.05, 0.1) is 0 Å². The minimum Gasteiger partial charge on any atom is -0.356 e. The quantitative estimate of drug-likeness (QED) is 0.274. The van der Waals surface area contributed by atoms with Crippen LogP contribution in [0.2, 0.25) is 0 Å². The molecule has 0 bridgehead atoms. The largest absolute Gasteiger partial charge is 0.511 e. The molecule has 0 aromatic heterocycles. The van der Waals surface area contributed by atoms with E-state index in [4.69, 9.17) is 0 Å². The Labute approximate surface area is 160 Å². The highest BCUT2D eigenvalue weighted by Gasteiger charge is 2.50. The summed E-state index contributed by atoms with van der Waals surface area (Å²) < 4.78 is 61.2. The van der Waals surface area contributed by atoms with Gasteiger partial charge in [-0.05, 0) is 38.0 Å². The van der Waals surface area contributed by atoms with Crippen LogP contribution in [0.1, 0.15) is 38.5 Å². The van der Waals surface area contributed by atoms with Gasteiger partial charge in [-0.3, -0.25) is 4.99 Å². The Morgan fingerprint density at radius 1 is 1.30 bits per heavy atom. The molecule has 0 aliphatic carbocycles. The Bertz CT molecular complexity index is 585. The Morgan fingerprint density at radius 3 is 2.44 bits per heavy atom. The van der Waals surface area contributed by atoms with Crippen molar-refractivity contribution in [1.82, 2.24) is 14.5 Å². The predicted octanol–water partition coefficient (Wildman–Crippen LogP) is 2.80. The fraction of sp³-hybridized carbons (Fsp3) is 0.824. The average Bonchev–Trinajstić information content (AvgIpc) is 2.61. The van der Waals surface area contributed by atoms with Gasteiger partial charge in [0.25, 0.3) is 0 Å². The number of aliphatic imine (C=N–C) groups is 1. The van der Waals surface area contributed by atoms with Gasteiger partial charge < -0.3 is 10.2 Å². The first-order valence-corrected chi connectivity index (χ1v) is 10.7. The van der Waals surface area contributed by atoms with Crippen LogP contribution < -0.4 is 5.32 Å². The zero-order chi connectivity index (χ0) is 20.5. The summed E-state index contributed by atoms with van der Waals surface area (Å²) in [7, 11) is -1.58. The maximum atomic E-state index is 12.6. The van der Waals surface area contributed by atoms with Crippen molar-refractivity contribution in [1.29, 1.82) is 0 Å². The van der Waals surface area contributed by atoms with Crippen LogP contribution in [0.25, 0.3) is 0 Å². The van der Waals surface area contributed by atoms with E-state index in [9.17, 15) is 21.6 Å². The lowest BCUT2D eigenvalue weighted by molar-refractivity contribution is -0.0496. The molecular formula is C17H31F3N4O2S. The number of unbranched alkanes of at least 4 members (excludes halogenated alkanes) is 3. The molecule has 0 radical (unpaired) electrons. The van der Waals surface area contributed by atoms with Crippen molar-refractivity contribution >= 4 is 16.0 Å². The average molecular weight is 413 g/mol. The molecule has 0 spiro atoms. The zero-order valence-corrected chi connectivity index (χ0v) is 16.9. The van der Waals surface area contributed by atoms with Gasteiger partial charge in [-0.1, -0.05) is 12.5 Å². The molecule has 0 atom stereocenters. The van der Waals surface area contributed by atoms with E-state index in [0.717, 1.165) is 38.2 Å². The van der Waals surface area contributed by atoms with E-state index in [1.165, 1.54) is 0 Å². The van der Waals surface area contributed by atoms with Crippen LogP contribution in [0.3, 0.4) is 0 Å². The number of hydrogen-bond acceptors (Lipinski definition) is 3. The number of nitrogens with one attached hydrogen (secondary N) is 1. The molecule has 1 heterocycles. The summed E-state index contributed by atoms with van der Waals surface area (Å²) in [5.74, 6) is 0.853. The van der Waals surface area contributed by atoms with Crippen LogP contribution in [0.5, 0.6) is 0 Å². The van der Waals surface area contributed by atoms with Gasteiger partial charge in [0, 0.05) is 40.3 Å². The number of allylic oxidation sites excluding steroid dienone is 1. The summed E-state index contributed by atoms with van der Waals surface area (Å²) >= 11 is 0. The minimum absolute atomic E-state index is 0.105. The standard InChI is InChI=1S/C17H31F3N4O2S/c1-4-5-6-7-8-11-23(3)16(21-2)22-14-15-9-12-24(13-10-15)27(25,26)17(18,19)20/h4,15H,1,5-14H2,2-3H3,(H,21,22). The summed E-state index contributed by atoms with van der Waals surface area (Å²) in [5.41, 5.74) is -5.23. The van der Waals surface area contributed by atoms with E-state index in [-0.39, 0.29) is 19.0 Å². The molecule has 1 aliphatic heterocycles. The molecule has 0 unspecified atom stereocenters. The van der Waals surface area contributed by atoms with Gasteiger partial charge in [0.2, 0.25) is 0 Å². The first-order valence-electron chi connectivity index (χ1n) is 9.22. The van der Waals surface area contributed by atoms with Gasteiger partial charge in [-0.2, -0.15) is 17.5 Å². The third-order valence-corrected chi connectivity index (χ3v) is 6.36. The topological polar surface area (TPSA) is 65.0 Å². The molecule has 0 aromatic carbocycles. The number of sulfonamides is 1. The lowest BCUT2D eigenvalue weighted by Gasteiger charge is -2.32. The van der Waals surface area contributed by atoms with Crippen molar-refractivity contribution in [2.75, 3.05) is 40.3 Å². The smallest absolute Gasteiger partial charge is 0.356 e. The van der Waals surface area contributed by atoms with Crippen molar-refractivity contribution in [3.8, 4) is 0 Å². The van der Waals surface area contributed by atoms with Crippen molar-refractivity contribution < 1.29 is 21.6 Å². The second kappa shape index (κ2) is 10.9. The molecule has 0 amide bonds. The number of rotatable bonds is 9. The van der Waals surface area contributed by atoms with E-state index in [1.54, 1.807) is 7.05 Å². The molecule has 1 saturated heterocycles. The molecule has 1 fully saturated rings. The highest BCUT2D eigenvalue weighted by molar-refractivity contribution is 7.90. The van der Waals surface area contributed by atoms with E-state index >= 15 is 0 Å². The predicted molar refractivity (Wildman–Crippen MR) is 102 cm³/mol. The summed E-state index contributed by atoms with van der Waals surface area (Å²) in [4.78, 5) is 6.26. The Hall–Kier alpha value is -1.29. The Morgan fingerprint density at radius 2 is 1.93 bits per heavy atom. The second-order valence-electron chi connectivity index (χ2n) is 6.78. The van der Waals surface area contributed by atoms with Crippen molar-refractivity contribution in [3.05, 3.63) is 12.7 Å². The molecule has 0 aromatic rings. The molecule has 27 heavy (non-hydrogen) atoms. The molecule has 10 heteroatoms. The number of alkyl halides is 3. The van der Waals surface area contributed by atoms with Crippen LogP contribution in [-0.2, 0) is 10.0 Å². The highest BCUT2D eigenvalue weighted by atomic mass is 32.2. The molecule has 1 aliphatic rings. The van der Waals surface area contributed by atoms with Gasteiger partial charge in [0.1, 0.15) is 0 Å². The van der Waals surface area contributed by atoms with E-state index in [0.29, 0.717) is 23.7 Å². The minimum atomic E-state index is -5.23. The zero-order valence-electron chi connectivity index (χ0n) is 16.1. The normalized spacial score (nSPS) is 17.7. The van der Waals surface area contributed by atoms with E-state index in [2.05, 4.69) is 16.9 Å². The molecule has 1 N–H and O–H groups in total. The van der Waals surface area contributed by atoms with Crippen LogP contribution in [0.15, 0.2) is 17.6 Å². The van der Waals surface area contributed by atoms with Crippen LogP contribution in [-0.4, -0.2) is 69.4 Å². The number of halogens is 3. The molecule has 1 rings (SSSR count). The molecular weight excluding hydrogens is 381 g/mol. The first kappa shape index (κ1) is 23.7. The summed E-state index contributed by atoms with van der Waals surface area (Å²) in [5, 5.41) is 3.24. The fourth-order valence-electron chi connectivity index (χ4n) is 3.04. The lowest BCUT2D eigenvalue weighted by Crippen LogP contribution is -2.47. The van der Waals surface area contributed by atoms with Gasteiger partial charge in [-0.15, -0.1) is 6.58 Å². The van der Waals surface area contributed by atoms with Crippen LogP contribution in [0.4, 0.5) is 13.2 Å². The van der Waals surface area contributed by atoms with Crippen molar-refractivity contribution in [2.45, 2.75) is 44.0 Å². The third kappa shape index (κ3) is 7.33. The van der Waals surface area contributed by atoms with Gasteiger partial charge in [-0.25, -0.2) is 8.42 Å². The van der Waals surface area contributed by atoms with E-state index in [1.807, 2.05) is 18.0 Å². The molecule has 158 valence electrons. The Balaban J connectivity index is 2.38. The number of hydrogen-bond donors (Lipinski definition) is 1. The van der Waals surface area contributed by atoms with Gasteiger partial charge in [0.15, 0.2) is 5.96 Å². The number of guanidine groups is 1. The third-order valence-electron chi connectivity index (χ3n) is 4.73. The van der Waals surface area contributed by atoms with Crippen LogP contribution in [0, 0.1) is 5.92 Å². The molecule has 6 nitrogen and oxygen atoms in total. The second-order valence-corrected chi connectivity index (χ2v) is 8.71. The fourth-order valence-corrected chi connectivity index (χ4v) is 4.03. The number of nitrogens with zero attached hydrogens (tertiary/aromatic N) is 3. The summed E-state index contributed by atoms with van der Waals surface area (Å²) in [6.07, 6.45) is 6.98. The SMILES string of the molecule is C=CCCCCCN(C)C(=NC)NCC1CCN(S(=O)(=O)C(F)(F)F)CC1. The maximum Gasteiger partial charge on any atom is 0.511 e. The van der Waals surface area contributed by atoms with Gasteiger partial charge >= 0.3 is 15.5 Å². The number of piperidine rings is 1. The first-order chi connectivity index (χ1) is 12.6.